The first-order valence-electron chi connectivity index (χ1n) is 6.10. The first kappa shape index (κ1) is 13.6. The number of methoxy groups -OCH3 is 1. The third kappa shape index (κ3) is 4.50. The van der Waals surface area contributed by atoms with Gasteiger partial charge in [0.25, 0.3) is 0 Å². The predicted molar refractivity (Wildman–Crippen MR) is 72.2 cm³/mol. The zero-order chi connectivity index (χ0) is 12.5. The van der Waals surface area contributed by atoms with Gasteiger partial charge in [-0.1, -0.05) is 25.1 Å². The summed E-state index contributed by atoms with van der Waals surface area (Å²) in [6.45, 7) is 3.08. The molecular weight excluding hydrogens is 210 g/mol. The maximum atomic E-state index is 5.36. The second-order valence-electron chi connectivity index (χ2n) is 4.01. The summed E-state index contributed by atoms with van der Waals surface area (Å²) in [5.74, 6) is 3.65. The van der Waals surface area contributed by atoms with Crippen LogP contribution >= 0.6 is 0 Å². The first-order chi connectivity index (χ1) is 8.31. The molecule has 2 heteroatoms. The lowest BCUT2D eigenvalue weighted by Crippen LogP contribution is -2.30. The van der Waals surface area contributed by atoms with E-state index in [1.165, 1.54) is 5.56 Å². The number of para-hydroxylation sites is 1. The van der Waals surface area contributed by atoms with E-state index in [0.29, 0.717) is 6.04 Å². The van der Waals surface area contributed by atoms with Gasteiger partial charge in [0.2, 0.25) is 0 Å². The molecule has 1 unspecified atom stereocenters. The Kier molecular flexibility index (Phi) is 6.21. The van der Waals surface area contributed by atoms with E-state index in [0.717, 1.165) is 31.6 Å². The van der Waals surface area contributed by atoms with Crippen LogP contribution in [0.4, 0.5) is 0 Å². The van der Waals surface area contributed by atoms with Gasteiger partial charge in [0, 0.05) is 12.5 Å². The highest BCUT2D eigenvalue weighted by Crippen LogP contribution is 2.20. The van der Waals surface area contributed by atoms with Gasteiger partial charge >= 0.3 is 0 Å². The zero-order valence-corrected chi connectivity index (χ0v) is 10.7. The summed E-state index contributed by atoms with van der Waals surface area (Å²) in [6, 6.07) is 8.57. The molecule has 1 aromatic rings. The van der Waals surface area contributed by atoms with Crippen LogP contribution in [0.3, 0.4) is 0 Å². The summed E-state index contributed by atoms with van der Waals surface area (Å²) in [5, 5.41) is 3.47. The Morgan fingerprint density at radius 1 is 1.41 bits per heavy atom. The van der Waals surface area contributed by atoms with E-state index in [-0.39, 0.29) is 0 Å². The lowest BCUT2D eigenvalue weighted by Gasteiger charge is -2.18. The van der Waals surface area contributed by atoms with Crippen molar-refractivity contribution in [3.05, 3.63) is 29.8 Å². The number of hydrogen-bond acceptors (Lipinski definition) is 2. The van der Waals surface area contributed by atoms with Crippen molar-refractivity contribution in [2.75, 3.05) is 13.7 Å². The minimum atomic E-state index is 0.423. The molecule has 0 radical (unpaired) electrons. The van der Waals surface area contributed by atoms with E-state index in [4.69, 9.17) is 11.2 Å². The molecule has 0 aromatic heterocycles. The normalized spacial score (nSPS) is 11.8. The van der Waals surface area contributed by atoms with Crippen molar-refractivity contribution in [1.82, 2.24) is 5.32 Å². The van der Waals surface area contributed by atoms with Gasteiger partial charge in [-0.15, -0.1) is 12.3 Å². The highest BCUT2D eigenvalue weighted by molar-refractivity contribution is 5.33. The monoisotopic (exact) mass is 231 g/mol. The molecule has 0 fully saturated rings. The number of nitrogens with one attached hydrogen (secondary N) is 1. The fourth-order valence-electron chi connectivity index (χ4n) is 1.96. The summed E-state index contributed by atoms with van der Waals surface area (Å²) in [4.78, 5) is 0. The van der Waals surface area contributed by atoms with Crippen LogP contribution in [-0.4, -0.2) is 19.7 Å². The van der Waals surface area contributed by atoms with Crippen LogP contribution in [0.1, 0.15) is 25.3 Å². The van der Waals surface area contributed by atoms with Crippen molar-refractivity contribution >= 4 is 0 Å². The van der Waals surface area contributed by atoms with Crippen molar-refractivity contribution in [3.8, 4) is 18.1 Å². The van der Waals surface area contributed by atoms with Crippen LogP contribution in [0.2, 0.25) is 0 Å². The van der Waals surface area contributed by atoms with Crippen LogP contribution in [0.25, 0.3) is 0 Å². The molecule has 1 rings (SSSR count). The molecule has 0 bridgehead atoms. The second kappa shape index (κ2) is 7.76. The summed E-state index contributed by atoms with van der Waals surface area (Å²) < 4.78 is 5.36. The number of terminal acetylenes is 1. The van der Waals surface area contributed by atoms with Gasteiger partial charge in [-0.25, -0.2) is 0 Å². The molecule has 0 aliphatic heterocycles. The van der Waals surface area contributed by atoms with Gasteiger partial charge < -0.3 is 10.1 Å². The van der Waals surface area contributed by atoms with Crippen LogP contribution in [0.5, 0.6) is 5.75 Å². The lowest BCUT2D eigenvalue weighted by atomic mass is 10.0. The molecule has 0 saturated carbocycles. The number of likely N-dealkylation sites (N-methyl/N-ethyl adjacent to an activating group) is 1. The zero-order valence-electron chi connectivity index (χ0n) is 10.7. The Labute approximate surface area is 104 Å². The Morgan fingerprint density at radius 3 is 2.82 bits per heavy atom. The lowest BCUT2D eigenvalue weighted by molar-refractivity contribution is 0.403. The van der Waals surface area contributed by atoms with E-state index in [9.17, 15) is 0 Å². The Morgan fingerprint density at radius 2 is 2.18 bits per heavy atom. The molecule has 92 valence electrons. The molecule has 0 aliphatic carbocycles. The van der Waals surface area contributed by atoms with E-state index >= 15 is 0 Å². The average molecular weight is 231 g/mol. The smallest absolute Gasteiger partial charge is 0.122 e. The van der Waals surface area contributed by atoms with Gasteiger partial charge in [0.15, 0.2) is 0 Å². The van der Waals surface area contributed by atoms with Crippen molar-refractivity contribution in [1.29, 1.82) is 0 Å². The van der Waals surface area contributed by atoms with E-state index in [2.05, 4.69) is 24.2 Å². The van der Waals surface area contributed by atoms with Crippen molar-refractivity contribution in [2.24, 2.45) is 0 Å². The molecule has 0 amide bonds. The molecule has 1 aromatic carbocycles. The van der Waals surface area contributed by atoms with Gasteiger partial charge in [-0.05, 0) is 31.0 Å². The standard InChI is InChI=1S/C15H21NO/c1-4-6-10-14(16-5-2)12-13-9-7-8-11-15(13)17-3/h1,7-9,11,14,16H,5-6,10,12H2,2-3H3. The molecule has 17 heavy (non-hydrogen) atoms. The quantitative estimate of drug-likeness (QED) is 0.728. The molecular formula is C15H21NO. The highest BCUT2D eigenvalue weighted by Gasteiger charge is 2.10. The third-order valence-electron chi connectivity index (χ3n) is 2.79. The first-order valence-corrected chi connectivity index (χ1v) is 6.10. The number of rotatable bonds is 7. The largest absolute Gasteiger partial charge is 0.496 e. The van der Waals surface area contributed by atoms with E-state index < -0.39 is 0 Å². The van der Waals surface area contributed by atoms with Crippen molar-refractivity contribution < 1.29 is 4.74 Å². The summed E-state index contributed by atoms with van der Waals surface area (Å²) >= 11 is 0. The summed E-state index contributed by atoms with van der Waals surface area (Å²) in [7, 11) is 1.71. The van der Waals surface area contributed by atoms with Crippen LogP contribution < -0.4 is 10.1 Å². The highest BCUT2D eigenvalue weighted by atomic mass is 16.5. The van der Waals surface area contributed by atoms with Gasteiger partial charge in [-0.2, -0.15) is 0 Å². The molecule has 2 nitrogen and oxygen atoms in total. The minimum Gasteiger partial charge on any atom is -0.496 e. The SMILES string of the molecule is C#CCCC(Cc1ccccc1OC)NCC. The Bertz CT molecular complexity index is 367. The van der Waals surface area contributed by atoms with Crippen LogP contribution in [-0.2, 0) is 6.42 Å². The maximum absolute atomic E-state index is 5.36. The Hall–Kier alpha value is -1.46. The molecule has 1 N–H and O–H groups in total. The number of ether oxygens (including phenoxy) is 1. The molecule has 0 spiro atoms. The van der Waals surface area contributed by atoms with Gasteiger partial charge in [-0.3, -0.25) is 0 Å². The average Bonchev–Trinajstić information content (AvgIpc) is 2.37. The maximum Gasteiger partial charge on any atom is 0.122 e. The summed E-state index contributed by atoms with van der Waals surface area (Å²) in [6.07, 6.45) is 8.09. The fraction of sp³-hybridized carbons (Fsp3) is 0.467. The summed E-state index contributed by atoms with van der Waals surface area (Å²) in [5.41, 5.74) is 1.23. The topological polar surface area (TPSA) is 21.3 Å². The van der Waals surface area contributed by atoms with Crippen molar-refractivity contribution in [3.63, 3.8) is 0 Å². The third-order valence-corrected chi connectivity index (χ3v) is 2.79. The minimum absolute atomic E-state index is 0.423. The number of hydrogen-bond donors (Lipinski definition) is 1. The van der Waals surface area contributed by atoms with Crippen molar-refractivity contribution in [2.45, 2.75) is 32.2 Å². The van der Waals surface area contributed by atoms with Gasteiger partial charge in [0.1, 0.15) is 5.75 Å². The van der Waals surface area contributed by atoms with Crippen LogP contribution in [0, 0.1) is 12.3 Å². The molecule has 0 aliphatic rings. The molecule has 0 saturated heterocycles. The van der Waals surface area contributed by atoms with E-state index in [1.807, 2.05) is 18.2 Å². The van der Waals surface area contributed by atoms with Gasteiger partial charge in [0.05, 0.1) is 7.11 Å². The molecule has 1 atom stereocenters. The van der Waals surface area contributed by atoms with E-state index in [1.54, 1.807) is 7.11 Å². The second-order valence-corrected chi connectivity index (χ2v) is 4.01. The number of benzene rings is 1. The van der Waals surface area contributed by atoms with Crippen LogP contribution in [0.15, 0.2) is 24.3 Å². The fourth-order valence-corrected chi connectivity index (χ4v) is 1.96. The molecule has 0 heterocycles. The predicted octanol–water partition coefficient (Wildman–Crippen LogP) is 2.63. The Balaban J connectivity index is 2.67.